The van der Waals surface area contributed by atoms with Gasteiger partial charge in [-0.1, -0.05) is 24.6 Å². The number of hydrogen-bond acceptors (Lipinski definition) is 1. The first-order valence-electron chi connectivity index (χ1n) is 6.15. The Hall–Kier alpha value is -1.05. The Labute approximate surface area is 99.0 Å². The maximum atomic E-state index is 12.1. The van der Waals surface area contributed by atoms with Crippen molar-refractivity contribution in [1.29, 1.82) is 0 Å². The van der Waals surface area contributed by atoms with Crippen molar-refractivity contribution in [3.8, 4) is 0 Å². The number of allylic oxidation sites excluding steroid dienone is 3. The van der Waals surface area contributed by atoms with Crippen LogP contribution in [0.25, 0.3) is 0 Å². The lowest BCUT2D eigenvalue weighted by Crippen LogP contribution is -2.38. The van der Waals surface area contributed by atoms with Gasteiger partial charge in [-0.3, -0.25) is 4.79 Å². The number of likely N-dealkylation sites (tertiary alicyclic amines) is 1. The number of nitrogens with zero attached hydrogens (tertiary/aromatic N) is 1. The first-order valence-corrected chi connectivity index (χ1v) is 6.15. The van der Waals surface area contributed by atoms with E-state index < -0.39 is 0 Å². The minimum Gasteiger partial charge on any atom is -0.339 e. The smallest absolute Gasteiger partial charge is 0.249 e. The zero-order chi connectivity index (χ0) is 12.1. The third kappa shape index (κ3) is 3.51. The molecule has 0 aliphatic carbocycles. The monoisotopic (exact) mass is 221 g/mol. The van der Waals surface area contributed by atoms with Gasteiger partial charge in [0, 0.05) is 18.7 Å². The summed E-state index contributed by atoms with van der Waals surface area (Å²) in [5.74, 6) is 0.971. The van der Waals surface area contributed by atoms with Gasteiger partial charge in [0.1, 0.15) is 0 Å². The van der Waals surface area contributed by atoms with Gasteiger partial charge in [0.05, 0.1) is 0 Å². The zero-order valence-electron chi connectivity index (χ0n) is 10.9. The van der Waals surface area contributed by atoms with E-state index >= 15 is 0 Å². The Morgan fingerprint density at radius 1 is 1.25 bits per heavy atom. The summed E-state index contributed by atoms with van der Waals surface area (Å²) >= 11 is 0. The predicted octanol–water partition coefficient (Wildman–Crippen LogP) is 3.16. The van der Waals surface area contributed by atoms with E-state index in [1.807, 2.05) is 37.8 Å². The van der Waals surface area contributed by atoms with Crippen LogP contribution in [-0.2, 0) is 4.79 Å². The van der Waals surface area contributed by atoms with Crippen molar-refractivity contribution in [1.82, 2.24) is 4.90 Å². The van der Waals surface area contributed by atoms with E-state index in [4.69, 9.17) is 0 Å². The molecular formula is C14H23NO. The SMILES string of the molecule is C/C=C(C)\C=C(/C)C(=O)N1CCC(C)CC1. The molecule has 0 atom stereocenters. The number of carbonyl (C=O) groups excluding carboxylic acids is 1. The van der Waals surface area contributed by atoms with Gasteiger partial charge in [-0.25, -0.2) is 0 Å². The summed E-state index contributed by atoms with van der Waals surface area (Å²) in [5, 5.41) is 0. The van der Waals surface area contributed by atoms with Crippen LogP contribution < -0.4 is 0 Å². The van der Waals surface area contributed by atoms with Crippen LogP contribution in [0.5, 0.6) is 0 Å². The van der Waals surface area contributed by atoms with E-state index in [0.29, 0.717) is 0 Å². The summed E-state index contributed by atoms with van der Waals surface area (Å²) in [7, 11) is 0. The van der Waals surface area contributed by atoms with E-state index in [1.165, 1.54) is 0 Å². The third-order valence-electron chi connectivity index (χ3n) is 3.31. The molecule has 1 amide bonds. The van der Waals surface area contributed by atoms with E-state index in [1.54, 1.807) is 0 Å². The molecule has 0 bridgehead atoms. The molecule has 0 N–H and O–H groups in total. The Morgan fingerprint density at radius 3 is 2.31 bits per heavy atom. The van der Waals surface area contributed by atoms with Crippen molar-refractivity contribution >= 4 is 5.91 Å². The summed E-state index contributed by atoms with van der Waals surface area (Å²) < 4.78 is 0. The molecule has 90 valence electrons. The van der Waals surface area contributed by atoms with Crippen LogP contribution in [0.1, 0.15) is 40.5 Å². The lowest BCUT2D eigenvalue weighted by molar-refractivity contribution is -0.128. The van der Waals surface area contributed by atoms with Gasteiger partial charge in [-0.05, 0) is 39.5 Å². The normalized spacial score (nSPS) is 20.1. The maximum Gasteiger partial charge on any atom is 0.249 e. The highest BCUT2D eigenvalue weighted by molar-refractivity contribution is 5.93. The van der Waals surface area contributed by atoms with Crippen LogP contribution in [0.4, 0.5) is 0 Å². The summed E-state index contributed by atoms with van der Waals surface area (Å²) in [4.78, 5) is 14.1. The molecule has 0 saturated carbocycles. The maximum absolute atomic E-state index is 12.1. The van der Waals surface area contributed by atoms with Gasteiger partial charge < -0.3 is 4.90 Å². The number of piperidine rings is 1. The van der Waals surface area contributed by atoms with Crippen molar-refractivity contribution < 1.29 is 4.79 Å². The zero-order valence-corrected chi connectivity index (χ0v) is 10.9. The molecule has 2 nitrogen and oxygen atoms in total. The molecule has 0 aromatic heterocycles. The second kappa shape index (κ2) is 5.88. The molecule has 0 aromatic carbocycles. The van der Waals surface area contributed by atoms with Crippen LogP contribution in [-0.4, -0.2) is 23.9 Å². The van der Waals surface area contributed by atoms with E-state index in [9.17, 15) is 4.79 Å². The standard InChI is InChI=1S/C14H23NO/c1-5-11(2)10-13(4)14(16)15-8-6-12(3)7-9-15/h5,10,12H,6-9H2,1-4H3/b11-5-,13-10+. The fourth-order valence-electron chi connectivity index (χ4n) is 1.95. The minimum absolute atomic E-state index is 0.202. The van der Waals surface area contributed by atoms with Gasteiger partial charge in [0.2, 0.25) is 5.91 Å². The summed E-state index contributed by atoms with van der Waals surface area (Å²) in [5.41, 5.74) is 2.00. The Bertz CT molecular complexity index is 307. The lowest BCUT2D eigenvalue weighted by atomic mass is 9.98. The highest BCUT2D eigenvalue weighted by Gasteiger charge is 2.20. The molecule has 1 aliphatic rings. The molecule has 0 unspecified atom stereocenters. The van der Waals surface area contributed by atoms with Gasteiger partial charge in [-0.2, -0.15) is 0 Å². The second-order valence-electron chi connectivity index (χ2n) is 4.83. The van der Waals surface area contributed by atoms with Crippen molar-refractivity contribution in [2.75, 3.05) is 13.1 Å². The van der Waals surface area contributed by atoms with Crippen LogP contribution in [0.2, 0.25) is 0 Å². The fraction of sp³-hybridized carbons (Fsp3) is 0.643. The topological polar surface area (TPSA) is 20.3 Å². The highest BCUT2D eigenvalue weighted by atomic mass is 16.2. The predicted molar refractivity (Wildman–Crippen MR) is 68.2 cm³/mol. The number of carbonyl (C=O) groups is 1. The fourth-order valence-corrected chi connectivity index (χ4v) is 1.95. The van der Waals surface area contributed by atoms with Crippen LogP contribution in [0.15, 0.2) is 23.3 Å². The lowest BCUT2D eigenvalue weighted by Gasteiger charge is -2.30. The summed E-state index contributed by atoms with van der Waals surface area (Å²) in [6, 6.07) is 0. The summed E-state index contributed by atoms with van der Waals surface area (Å²) in [6.07, 6.45) is 6.28. The van der Waals surface area contributed by atoms with Crippen LogP contribution in [0.3, 0.4) is 0 Å². The molecule has 2 heteroatoms. The summed E-state index contributed by atoms with van der Waals surface area (Å²) in [6.45, 7) is 10.0. The van der Waals surface area contributed by atoms with Crippen LogP contribution >= 0.6 is 0 Å². The van der Waals surface area contributed by atoms with E-state index in [-0.39, 0.29) is 5.91 Å². The molecule has 0 aromatic rings. The Balaban J connectivity index is 2.61. The molecule has 16 heavy (non-hydrogen) atoms. The molecule has 1 aliphatic heterocycles. The average molecular weight is 221 g/mol. The van der Waals surface area contributed by atoms with E-state index in [0.717, 1.165) is 43.0 Å². The van der Waals surface area contributed by atoms with E-state index in [2.05, 4.69) is 6.92 Å². The van der Waals surface area contributed by atoms with Crippen molar-refractivity contribution in [2.24, 2.45) is 5.92 Å². The molecule has 0 spiro atoms. The van der Waals surface area contributed by atoms with Gasteiger partial charge in [0.25, 0.3) is 0 Å². The average Bonchev–Trinajstić information content (AvgIpc) is 2.28. The highest BCUT2D eigenvalue weighted by Crippen LogP contribution is 2.18. The van der Waals surface area contributed by atoms with Gasteiger partial charge >= 0.3 is 0 Å². The molecular weight excluding hydrogens is 198 g/mol. The molecule has 0 radical (unpaired) electrons. The first-order chi connectivity index (χ1) is 7.54. The number of rotatable bonds is 2. The number of hydrogen-bond donors (Lipinski definition) is 0. The Morgan fingerprint density at radius 2 is 1.81 bits per heavy atom. The third-order valence-corrected chi connectivity index (χ3v) is 3.31. The Kier molecular flexibility index (Phi) is 4.78. The van der Waals surface area contributed by atoms with Crippen LogP contribution in [0, 0.1) is 5.92 Å². The largest absolute Gasteiger partial charge is 0.339 e. The number of amides is 1. The molecule has 1 saturated heterocycles. The first kappa shape index (κ1) is 13.0. The molecule has 1 fully saturated rings. The molecule has 1 rings (SSSR count). The van der Waals surface area contributed by atoms with Gasteiger partial charge in [-0.15, -0.1) is 0 Å². The minimum atomic E-state index is 0.202. The van der Waals surface area contributed by atoms with Crippen molar-refractivity contribution in [2.45, 2.75) is 40.5 Å². The van der Waals surface area contributed by atoms with Crippen molar-refractivity contribution in [3.05, 3.63) is 23.3 Å². The second-order valence-corrected chi connectivity index (χ2v) is 4.83. The molecule has 1 heterocycles. The van der Waals surface area contributed by atoms with Crippen molar-refractivity contribution in [3.63, 3.8) is 0 Å². The van der Waals surface area contributed by atoms with Gasteiger partial charge in [0.15, 0.2) is 0 Å². The quantitative estimate of drug-likeness (QED) is 0.518.